The molecule has 11 heavy (non-hydrogen) atoms. The second-order valence-electron chi connectivity index (χ2n) is 2.77. The van der Waals surface area contributed by atoms with Crippen LogP contribution in [0, 0.1) is 5.92 Å². The van der Waals surface area contributed by atoms with Crippen molar-refractivity contribution in [2.45, 2.75) is 6.42 Å². The standard InChI is InChI=1S/C7H13NO3/c9-7(10)5-11-4-6-1-2-8-3-6/h6,8H,1-5H2,(H,9,10)/t6-/m0/s1. The molecule has 1 fully saturated rings. The van der Waals surface area contributed by atoms with Crippen LogP contribution in [0.4, 0.5) is 0 Å². The molecule has 0 unspecified atom stereocenters. The van der Waals surface area contributed by atoms with Gasteiger partial charge in [-0.05, 0) is 18.9 Å². The molecule has 1 heterocycles. The maximum atomic E-state index is 10.0. The zero-order valence-corrected chi connectivity index (χ0v) is 6.38. The van der Waals surface area contributed by atoms with Gasteiger partial charge in [0.1, 0.15) is 6.61 Å². The minimum atomic E-state index is -0.893. The van der Waals surface area contributed by atoms with Crippen molar-refractivity contribution in [3.8, 4) is 0 Å². The first-order chi connectivity index (χ1) is 5.29. The Labute approximate surface area is 65.5 Å². The number of hydrogen-bond donors (Lipinski definition) is 2. The van der Waals surface area contributed by atoms with E-state index in [4.69, 9.17) is 9.84 Å². The molecule has 2 N–H and O–H groups in total. The maximum absolute atomic E-state index is 10.0. The van der Waals surface area contributed by atoms with E-state index in [0.29, 0.717) is 12.5 Å². The molecule has 0 aromatic heterocycles. The Balaban J connectivity index is 1.98. The van der Waals surface area contributed by atoms with Crippen LogP contribution in [0.2, 0.25) is 0 Å². The maximum Gasteiger partial charge on any atom is 0.329 e. The molecule has 0 saturated carbocycles. The molecule has 1 saturated heterocycles. The molecule has 4 nitrogen and oxygen atoms in total. The van der Waals surface area contributed by atoms with Crippen molar-refractivity contribution in [2.24, 2.45) is 5.92 Å². The van der Waals surface area contributed by atoms with Crippen LogP contribution in [0.3, 0.4) is 0 Å². The van der Waals surface area contributed by atoms with Gasteiger partial charge in [0, 0.05) is 6.54 Å². The SMILES string of the molecule is O=C(O)COC[C@H]1CCNC1. The smallest absolute Gasteiger partial charge is 0.329 e. The number of aliphatic carboxylic acids is 1. The summed E-state index contributed by atoms with van der Waals surface area (Å²) in [5.74, 6) is -0.384. The summed E-state index contributed by atoms with van der Waals surface area (Å²) in [7, 11) is 0. The van der Waals surface area contributed by atoms with Gasteiger partial charge in [0.2, 0.25) is 0 Å². The predicted molar refractivity (Wildman–Crippen MR) is 39.4 cm³/mol. The van der Waals surface area contributed by atoms with E-state index in [0.717, 1.165) is 19.5 Å². The zero-order valence-electron chi connectivity index (χ0n) is 6.38. The molecule has 1 atom stereocenters. The van der Waals surface area contributed by atoms with Gasteiger partial charge in [-0.15, -0.1) is 0 Å². The first kappa shape index (κ1) is 8.49. The fraction of sp³-hybridized carbons (Fsp3) is 0.857. The lowest BCUT2D eigenvalue weighted by molar-refractivity contribution is -0.142. The number of hydrogen-bond acceptors (Lipinski definition) is 3. The Morgan fingerprint density at radius 2 is 2.55 bits per heavy atom. The van der Waals surface area contributed by atoms with Crippen molar-refractivity contribution < 1.29 is 14.6 Å². The Kier molecular flexibility index (Phi) is 3.32. The first-order valence-electron chi connectivity index (χ1n) is 3.79. The third-order valence-corrected chi connectivity index (χ3v) is 1.74. The second kappa shape index (κ2) is 4.31. The van der Waals surface area contributed by atoms with Crippen LogP contribution < -0.4 is 5.32 Å². The molecule has 0 aromatic rings. The highest BCUT2D eigenvalue weighted by molar-refractivity contribution is 5.67. The number of carbonyl (C=O) groups is 1. The van der Waals surface area contributed by atoms with E-state index in [1.807, 2.05) is 0 Å². The molecule has 0 aromatic carbocycles. The van der Waals surface area contributed by atoms with E-state index < -0.39 is 5.97 Å². The Morgan fingerprint density at radius 3 is 3.09 bits per heavy atom. The van der Waals surface area contributed by atoms with E-state index in [-0.39, 0.29) is 6.61 Å². The lowest BCUT2D eigenvalue weighted by Crippen LogP contribution is -2.16. The lowest BCUT2D eigenvalue weighted by atomic mass is 10.1. The van der Waals surface area contributed by atoms with Crippen molar-refractivity contribution in [2.75, 3.05) is 26.3 Å². The molecular formula is C7H13NO3. The summed E-state index contributed by atoms with van der Waals surface area (Å²) in [6.45, 7) is 2.39. The highest BCUT2D eigenvalue weighted by Crippen LogP contribution is 2.06. The van der Waals surface area contributed by atoms with Gasteiger partial charge in [0.05, 0.1) is 6.61 Å². The van der Waals surface area contributed by atoms with Crippen molar-refractivity contribution in [3.63, 3.8) is 0 Å². The van der Waals surface area contributed by atoms with Crippen LogP contribution in [-0.2, 0) is 9.53 Å². The Bertz CT molecular complexity index is 132. The molecular weight excluding hydrogens is 146 g/mol. The number of carboxylic acids is 1. The minimum Gasteiger partial charge on any atom is -0.480 e. The van der Waals surface area contributed by atoms with Crippen LogP contribution in [0.15, 0.2) is 0 Å². The van der Waals surface area contributed by atoms with Gasteiger partial charge in [0.15, 0.2) is 0 Å². The van der Waals surface area contributed by atoms with Gasteiger partial charge in [-0.25, -0.2) is 4.79 Å². The minimum absolute atomic E-state index is 0.170. The third-order valence-electron chi connectivity index (χ3n) is 1.74. The number of ether oxygens (including phenoxy) is 1. The monoisotopic (exact) mass is 159 g/mol. The lowest BCUT2D eigenvalue weighted by Gasteiger charge is -2.06. The van der Waals surface area contributed by atoms with Crippen molar-refractivity contribution >= 4 is 5.97 Å². The normalized spacial score (nSPS) is 23.8. The summed E-state index contributed by atoms with van der Waals surface area (Å²) < 4.78 is 4.94. The number of carboxylic acid groups (broad SMARTS) is 1. The largest absolute Gasteiger partial charge is 0.480 e. The molecule has 0 bridgehead atoms. The summed E-state index contributed by atoms with van der Waals surface area (Å²) in [5, 5.41) is 11.4. The summed E-state index contributed by atoms with van der Waals surface area (Å²) in [5.41, 5.74) is 0. The highest BCUT2D eigenvalue weighted by atomic mass is 16.5. The average molecular weight is 159 g/mol. The van der Waals surface area contributed by atoms with Gasteiger partial charge >= 0.3 is 5.97 Å². The van der Waals surface area contributed by atoms with E-state index in [1.54, 1.807) is 0 Å². The van der Waals surface area contributed by atoms with Crippen molar-refractivity contribution in [1.82, 2.24) is 5.32 Å². The molecule has 1 aliphatic rings. The van der Waals surface area contributed by atoms with Gasteiger partial charge in [-0.1, -0.05) is 0 Å². The highest BCUT2D eigenvalue weighted by Gasteiger charge is 2.14. The van der Waals surface area contributed by atoms with E-state index >= 15 is 0 Å². The molecule has 1 aliphatic heterocycles. The Morgan fingerprint density at radius 1 is 1.73 bits per heavy atom. The van der Waals surface area contributed by atoms with Gasteiger partial charge < -0.3 is 15.2 Å². The van der Waals surface area contributed by atoms with Crippen molar-refractivity contribution in [3.05, 3.63) is 0 Å². The van der Waals surface area contributed by atoms with Crippen molar-refractivity contribution in [1.29, 1.82) is 0 Å². The zero-order chi connectivity index (χ0) is 8.10. The summed E-state index contributed by atoms with van der Waals surface area (Å²) in [4.78, 5) is 10.0. The van der Waals surface area contributed by atoms with Crippen LogP contribution in [0.25, 0.3) is 0 Å². The average Bonchev–Trinajstić information content (AvgIpc) is 2.39. The molecule has 4 heteroatoms. The predicted octanol–water partition coefficient (Wildman–Crippen LogP) is -0.303. The molecule has 0 amide bonds. The van der Waals surface area contributed by atoms with Gasteiger partial charge in [-0.3, -0.25) is 0 Å². The van der Waals surface area contributed by atoms with Crippen LogP contribution in [0.1, 0.15) is 6.42 Å². The fourth-order valence-electron chi connectivity index (χ4n) is 1.17. The Hall–Kier alpha value is -0.610. The summed E-state index contributed by atoms with van der Waals surface area (Å²) in [6, 6.07) is 0. The molecule has 1 rings (SSSR count). The fourth-order valence-corrected chi connectivity index (χ4v) is 1.17. The molecule has 0 spiro atoms. The van der Waals surface area contributed by atoms with Gasteiger partial charge in [0.25, 0.3) is 0 Å². The van der Waals surface area contributed by atoms with Crippen LogP contribution >= 0.6 is 0 Å². The van der Waals surface area contributed by atoms with E-state index in [9.17, 15) is 4.79 Å². The molecule has 0 radical (unpaired) electrons. The summed E-state index contributed by atoms with van der Waals surface area (Å²) in [6.07, 6.45) is 1.10. The quantitative estimate of drug-likeness (QED) is 0.591. The van der Waals surface area contributed by atoms with Crippen LogP contribution in [0.5, 0.6) is 0 Å². The molecule has 64 valence electrons. The van der Waals surface area contributed by atoms with E-state index in [2.05, 4.69) is 5.32 Å². The second-order valence-corrected chi connectivity index (χ2v) is 2.77. The van der Waals surface area contributed by atoms with Crippen LogP contribution in [-0.4, -0.2) is 37.4 Å². The van der Waals surface area contributed by atoms with Gasteiger partial charge in [-0.2, -0.15) is 0 Å². The number of rotatable bonds is 4. The summed E-state index contributed by atoms with van der Waals surface area (Å²) >= 11 is 0. The molecule has 0 aliphatic carbocycles. The third kappa shape index (κ3) is 3.34. The van der Waals surface area contributed by atoms with E-state index in [1.165, 1.54) is 0 Å². The topological polar surface area (TPSA) is 58.6 Å². The first-order valence-corrected chi connectivity index (χ1v) is 3.79. The number of nitrogens with one attached hydrogen (secondary N) is 1.